The molecule has 1 aliphatic rings. The Hall–Kier alpha value is -4.12. The number of benzene rings is 1. The van der Waals surface area contributed by atoms with E-state index in [0.29, 0.717) is 54.8 Å². The second kappa shape index (κ2) is 11.5. The van der Waals surface area contributed by atoms with Gasteiger partial charge in [0.2, 0.25) is 0 Å². The Kier molecular flexibility index (Phi) is 8.34. The summed E-state index contributed by atoms with van der Waals surface area (Å²) in [6.45, 7) is 11.1. The van der Waals surface area contributed by atoms with Crippen molar-refractivity contribution < 1.29 is 23.8 Å². The summed E-state index contributed by atoms with van der Waals surface area (Å²) in [4.78, 5) is 42.8. The number of nitrogens with zero attached hydrogens (tertiary/aromatic N) is 5. The van der Waals surface area contributed by atoms with Crippen LogP contribution in [0.5, 0.6) is 0 Å². The van der Waals surface area contributed by atoms with Crippen LogP contribution in [0.25, 0.3) is 0 Å². The van der Waals surface area contributed by atoms with Crippen molar-refractivity contribution in [2.24, 2.45) is 0 Å². The molecule has 2 N–H and O–H groups in total. The molecule has 3 heterocycles. The molecule has 3 aromatic rings. The zero-order valence-electron chi connectivity index (χ0n) is 23.7. The van der Waals surface area contributed by atoms with Crippen molar-refractivity contribution in [3.8, 4) is 0 Å². The highest BCUT2D eigenvalue weighted by Crippen LogP contribution is 2.29. The maximum atomic E-state index is 13.7. The number of halogens is 1. The highest BCUT2D eigenvalue weighted by atomic mass is 19.1. The third-order valence-electron chi connectivity index (χ3n) is 7.20. The van der Waals surface area contributed by atoms with Gasteiger partial charge in [-0.15, -0.1) is 0 Å². The summed E-state index contributed by atoms with van der Waals surface area (Å²) in [5.41, 5.74) is 2.34. The maximum absolute atomic E-state index is 13.7. The van der Waals surface area contributed by atoms with E-state index in [1.807, 2.05) is 20.8 Å². The van der Waals surface area contributed by atoms with E-state index >= 15 is 0 Å². The van der Waals surface area contributed by atoms with Gasteiger partial charge in [0.25, 0.3) is 5.91 Å². The van der Waals surface area contributed by atoms with E-state index in [2.05, 4.69) is 25.2 Å². The summed E-state index contributed by atoms with van der Waals surface area (Å²) < 4.78 is 18.8. The number of hydrogen-bond acceptors (Lipinski definition) is 8. The summed E-state index contributed by atoms with van der Waals surface area (Å²) in [6, 6.07) is 7.95. The van der Waals surface area contributed by atoms with Crippen molar-refractivity contribution in [1.82, 2.24) is 19.9 Å². The molecule has 40 heavy (non-hydrogen) atoms. The molecule has 10 nitrogen and oxygen atoms in total. The van der Waals surface area contributed by atoms with Gasteiger partial charge in [-0.25, -0.2) is 24.1 Å². The molecule has 0 aliphatic carbocycles. The number of hydrogen-bond donors (Lipinski definition) is 2. The van der Waals surface area contributed by atoms with Gasteiger partial charge in [-0.05, 0) is 63.9 Å². The van der Waals surface area contributed by atoms with Crippen molar-refractivity contribution in [1.29, 1.82) is 0 Å². The van der Waals surface area contributed by atoms with Gasteiger partial charge >= 0.3 is 5.97 Å². The minimum absolute atomic E-state index is 0.211. The highest BCUT2D eigenvalue weighted by Gasteiger charge is 2.38. The monoisotopic (exact) mass is 550 g/mol. The fourth-order valence-corrected chi connectivity index (χ4v) is 4.99. The Labute approximate surface area is 233 Å². The van der Waals surface area contributed by atoms with Crippen LogP contribution in [-0.2, 0) is 11.3 Å². The van der Waals surface area contributed by atoms with Crippen LogP contribution in [0.3, 0.4) is 0 Å². The Morgan fingerprint density at radius 3 is 2.48 bits per heavy atom. The number of aromatic nitrogens is 3. The number of methoxy groups -OCH3 is 1. The third kappa shape index (κ3) is 6.04. The molecule has 212 valence electrons. The largest absolute Gasteiger partial charge is 0.478 e. The Morgan fingerprint density at radius 2 is 1.88 bits per heavy atom. The summed E-state index contributed by atoms with van der Waals surface area (Å²) in [7, 11) is 1.56. The third-order valence-corrected chi connectivity index (χ3v) is 7.20. The van der Waals surface area contributed by atoms with Gasteiger partial charge in [-0.3, -0.25) is 4.79 Å². The number of carboxylic acid groups (broad SMARTS) is 1. The number of piperazine rings is 1. The van der Waals surface area contributed by atoms with Crippen molar-refractivity contribution in [2.75, 3.05) is 37.0 Å². The molecule has 0 unspecified atom stereocenters. The van der Waals surface area contributed by atoms with Gasteiger partial charge in [0.1, 0.15) is 29.1 Å². The molecule has 0 saturated carbocycles. The first-order valence-corrected chi connectivity index (χ1v) is 13.1. The number of aryl methyl sites for hydroxylation is 2. The average Bonchev–Trinajstić information content (AvgIpc) is 2.90. The van der Waals surface area contributed by atoms with Gasteiger partial charge in [0.05, 0.1) is 23.0 Å². The van der Waals surface area contributed by atoms with Crippen LogP contribution in [0.4, 0.5) is 16.0 Å². The van der Waals surface area contributed by atoms with Crippen molar-refractivity contribution in [3.05, 3.63) is 76.1 Å². The molecule has 11 heteroatoms. The van der Waals surface area contributed by atoms with Gasteiger partial charge < -0.3 is 25.0 Å². The van der Waals surface area contributed by atoms with Gasteiger partial charge in [0, 0.05) is 33.3 Å². The number of pyridine rings is 1. The summed E-state index contributed by atoms with van der Waals surface area (Å²) in [5, 5.41) is 12.7. The molecule has 0 spiro atoms. The quantitative estimate of drug-likeness (QED) is 0.421. The zero-order chi connectivity index (χ0) is 29.2. The van der Waals surface area contributed by atoms with Gasteiger partial charge in [-0.1, -0.05) is 12.1 Å². The standard InChI is InChI=1S/C29H35FN6O4/c1-17-13-23(33-18(2)24(17)28(38)39)35-11-12-36(29(4,5)16-35)27(37)22-15-32-26(25(34-22)19(3)40-6)31-14-20-7-9-21(30)10-8-20/h7-10,13,15,19H,11-12,14,16H2,1-6H3,(H,31,32)(H,38,39)/t19-/m1/s1. The smallest absolute Gasteiger partial charge is 0.337 e. The second-order valence-electron chi connectivity index (χ2n) is 10.6. The summed E-state index contributed by atoms with van der Waals surface area (Å²) >= 11 is 0. The van der Waals surface area contributed by atoms with Crippen molar-refractivity contribution in [3.63, 3.8) is 0 Å². The molecule has 1 atom stereocenters. The van der Waals surface area contributed by atoms with Crippen LogP contribution in [0, 0.1) is 19.7 Å². The number of nitrogens with one attached hydrogen (secondary N) is 1. The molecule has 1 aromatic carbocycles. The maximum Gasteiger partial charge on any atom is 0.337 e. The van der Waals surface area contributed by atoms with E-state index in [4.69, 9.17) is 4.74 Å². The fraction of sp³-hybridized carbons (Fsp3) is 0.414. The number of anilines is 2. The molecular formula is C29H35FN6O4. The van der Waals surface area contributed by atoms with E-state index in [1.165, 1.54) is 18.3 Å². The molecule has 4 rings (SSSR count). The molecule has 1 saturated heterocycles. The van der Waals surface area contributed by atoms with Crippen LogP contribution in [-0.4, -0.2) is 69.1 Å². The van der Waals surface area contributed by atoms with E-state index in [9.17, 15) is 19.1 Å². The van der Waals surface area contributed by atoms with Crippen LogP contribution in [0.2, 0.25) is 0 Å². The minimum atomic E-state index is -0.996. The zero-order valence-corrected chi connectivity index (χ0v) is 23.7. The molecule has 2 aromatic heterocycles. The van der Waals surface area contributed by atoms with Crippen LogP contribution in [0.15, 0.2) is 36.5 Å². The Morgan fingerprint density at radius 1 is 1.18 bits per heavy atom. The second-order valence-corrected chi connectivity index (χ2v) is 10.6. The van der Waals surface area contributed by atoms with Crippen LogP contribution in [0.1, 0.15) is 70.2 Å². The van der Waals surface area contributed by atoms with E-state index in [1.54, 1.807) is 44.1 Å². The lowest BCUT2D eigenvalue weighted by Crippen LogP contribution is -2.61. The number of amides is 1. The molecule has 0 radical (unpaired) electrons. The number of ether oxygens (including phenoxy) is 1. The molecular weight excluding hydrogens is 515 g/mol. The van der Waals surface area contributed by atoms with Gasteiger partial charge in [-0.2, -0.15) is 0 Å². The number of aromatic carboxylic acids is 1. The van der Waals surface area contributed by atoms with E-state index < -0.39 is 17.6 Å². The molecule has 1 amide bonds. The van der Waals surface area contributed by atoms with E-state index in [-0.39, 0.29) is 23.0 Å². The number of carboxylic acids is 1. The number of carbonyl (C=O) groups is 2. The Bertz CT molecular complexity index is 1390. The first-order valence-electron chi connectivity index (χ1n) is 13.1. The lowest BCUT2D eigenvalue weighted by atomic mass is 9.97. The number of rotatable bonds is 8. The average molecular weight is 551 g/mol. The fourth-order valence-electron chi connectivity index (χ4n) is 4.99. The predicted octanol–water partition coefficient (Wildman–Crippen LogP) is 4.39. The number of carbonyl (C=O) groups excluding carboxylic acids is 1. The molecule has 1 fully saturated rings. The molecule has 0 bridgehead atoms. The first kappa shape index (κ1) is 28.9. The van der Waals surface area contributed by atoms with Gasteiger partial charge in [0.15, 0.2) is 5.82 Å². The lowest BCUT2D eigenvalue weighted by Gasteiger charge is -2.47. The molecule has 1 aliphatic heterocycles. The normalized spacial score (nSPS) is 15.6. The van der Waals surface area contributed by atoms with E-state index in [0.717, 1.165) is 5.56 Å². The van der Waals surface area contributed by atoms with Crippen molar-refractivity contribution in [2.45, 2.75) is 52.8 Å². The van der Waals surface area contributed by atoms with Crippen molar-refractivity contribution >= 4 is 23.5 Å². The topological polar surface area (TPSA) is 121 Å². The lowest BCUT2D eigenvalue weighted by molar-refractivity contribution is 0.0504. The SMILES string of the molecule is CO[C@H](C)c1nc(C(=O)N2CCN(c3cc(C)c(C(=O)O)c(C)n3)CC2(C)C)cnc1NCc1ccc(F)cc1. The van der Waals surface area contributed by atoms with Crippen LogP contribution >= 0.6 is 0 Å². The summed E-state index contributed by atoms with van der Waals surface area (Å²) in [6.07, 6.45) is 1.04. The highest BCUT2D eigenvalue weighted by molar-refractivity contribution is 5.93. The minimum Gasteiger partial charge on any atom is -0.478 e. The van der Waals surface area contributed by atoms with Crippen LogP contribution < -0.4 is 10.2 Å². The first-order chi connectivity index (χ1) is 18.9. The summed E-state index contributed by atoms with van der Waals surface area (Å²) in [5.74, 6) is -0.367. The Balaban J connectivity index is 1.53. The predicted molar refractivity (Wildman–Crippen MR) is 149 cm³/mol.